The number of nitro groups is 1. The third-order valence-electron chi connectivity index (χ3n) is 2.77. The normalized spacial score (nSPS) is 13.3. The Bertz CT molecular complexity index is 627. The molecule has 0 saturated carbocycles. The van der Waals surface area contributed by atoms with Crippen molar-refractivity contribution in [2.75, 3.05) is 6.54 Å². The number of nitrogens with one attached hydrogen (secondary N) is 1. The number of rotatable bonds is 4. The first-order valence-electron chi connectivity index (χ1n) is 6.88. The van der Waals surface area contributed by atoms with Gasteiger partial charge in [-0.25, -0.2) is 4.79 Å². The van der Waals surface area contributed by atoms with Crippen LogP contribution in [0.1, 0.15) is 37.9 Å². The number of alkyl halides is 3. The molecule has 0 aromatic heterocycles. The van der Waals surface area contributed by atoms with Gasteiger partial charge in [-0.15, -0.1) is 0 Å². The average molecular weight is 349 g/mol. The minimum atomic E-state index is -4.75. The first-order chi connectivity index (χ1) is 10.8. The van der Waals surface area contributed by atoms with Crippen molar-refractivity contribution in [2.45, 2.75) is 38.6 Å². The van der Waals surface area contributed by atoms with E-state index in [1.54, 1.807) is 20.8 Å². The highest BCUT2D eigenvalue weighted by Crippen LogP contribution is 2.33. The Balaban J connectivity index is 2.94. The summed E-state index contributed by atoms with van der Waals surface area (Å²) in [4.78, 5) is 21.4. The smallest absolute Gasteiger partial charge is 0.416 e. The number of carbonyl (C=O) groups excluding carboxylic acids is 1. The molecule has 3 N–H and O–H groups in total. The van der Waals surface area contributed by atoms with E-state index >= 15 is 0 Å². The van der Waals surface area contributed by atoms with Crippen LogP contribution in [0.2, 0.25) is 0 Å². The number of nitro benzene ring substituents is 1. The second kappa shape index (κ2) is 7.04. The van der Waals surface area contributed by atoms with Crippen LogP contribution in [0.15, 0.2) is 18.2 Å². The van der Waals surface area contributed by atoms with Crippen molar-refractivity contribution in [3.63, 3.8) is 0 Å². The summed E-state index contributed by atoms with van der Waals surface area (Å²) in [5.41, 5.74) is 2.95. The zero-order chi connectivity index (χ0) is 18.7. The summed E-state index contributed by atoms with van der Waals surface area (Å²) < 4.78 is 43.4. The SMILES string of the molecule is CC(C)(C)OC(=O)NCC(N)c1cc([N+](=O)[O-])cc(C(F)(F)F)c1. The molecule has 0 fully saturated rings. The van der Waals surface area contributed by atoms with Gasteiger partial charge in [0.2, 0.25) is 0 Å². The van der Waals surface area contributed by atoms with Gasteiger partial charge in [0.1, 0.15) is 5.60 Å². The highest BCUT2D eigenvalue weighted by molar-refractivity contribution is 5.67. The fourth-order valence-electron chi connectivity index (χ4n) is 1.74. The van der Waals surface area contributed by atoms with Gasteiger partial charge in [0.15, 0.2) is 0 Å². The van der Waals surface area contributed by atoms with Crippen LogP contribution in [0.5, 0.6) is 0 Å². The number of benzene rings is 1. The van der Waals surface area contributed by atoms with Crippen molar-refractivity contribution in [1.82, 2.24) is 5.32 Å². The summed E-state index contributed by atoms with van der Waals surface area (Å²) in [6.07, 6.45) is -5.54. The Hall–Kier alpha value is -2.36. The van der Waals surface area contributed by atoms with Crippen molar-refractivity contribution in [3.8, 4) is 0 Å². The standard InChI is InChI=1S/C14H18F3N3O4/c1-13(2,3)24-12(21)19-7-11(18)8-4-9(14(15,16)17)6-10(5-8)20(22)23/h4-6,11H,7,18H2,1-3H3,(H,19,21). The minimum Gasteiger partial charge on any atom is -0.444 e. The molecule has 0 aliphatic carbocycles. The van der Waals surface area contributed by atoms with Crippen LogP contribution in [0, 0.1) is 10.1 Å². The van der Waals surface area contributed by atoms with Crippen LogP contribution in [-0.4, -0.2) is 23.2 Å². The van der Waals surface area contributed by atoms with E-state index in [-0.39, 0.29) is 12.1 Å². The van der Waals surface area contributed by atoms with E-state index in [0.29, 0.717) is 12.1 Å². The molecule has 0 radical (unpaired) electrons. The zero-order valence-corrected chi connectivity index (χ0v) is 13.3. The summed E-state index contributed by atoms with van der Waals surface area (Å²) in [6, 6.07) is 1.02. The Labute approximate surface area is 136 Å². The molecule has 1 atom stereocenters. The molecule has 1 unspecified atom stereocenters. The molecular weight excluding hydrogens is 331 g/mol. The number of hydrogen-bond donors (Lipinski definition) is 2. The van der Waals surface area contributed by atoms with E-state index in [1.807, 2.05) is 0 Å². The molecule has 0 bridgehead atoms. The lowest BCUT2D eigenvalue weighted by molar-refractivity contribution is -0.385. The van der Waals surface area contributed by atoms with Gasteiger partial charge in [-0.1, -0.05) is 0 Å². The number of hydrogen-bond acceptors (Lipinski definition) is 5. The highest BCUT2D eigenvalue weighted by Gasteiger charge is 2.33. The van der Waals surface area contributed by atoms with Crippen molar-refractivity contribution < 1.29 is 27.6 Å². The molecule has 24 heavy (non-hydrogen) atoms. The van der Waals surface area contributed by atoms with Crippen LogP contribution in [-0.2, 0) is 10.9 Å². The Morgan fingerprint density at radius 2 is 1.92 bits per heavy atom. The Morgan fingerprint density at radius 3 is 2.38 bits per heavy atom. The number of alkyl carbamates (subject to hydrolysis) is 1. The summed E-state index contributed by atoms with van der Waals surface area (Å²) in [7, 11) is 0. The molecule has 10 heteroatoms. The number of ether oxygens (including phenoxy) is 1. The number of nitrogens with zero attached hydrogens (tertiary/aromatic N) is 1. The quantitative estimate of drug-likeness (QED) is 0.641. The fraction of sp³-hybridized carbons (Fsp3) is 0.500. The van der Waals surface area contributed by atoms with Crippen LogP contribution < -0.4 is 11.1 Å². The minimum absolute atomic E-state index is 0.118. The molecule has 1 amide bonds. The summed E-state index contributed by atoms with van der Waals surface area (Å²) in [5.74, 6) is 0. The topological polar surface area (TPSA) is 107 Å². The van der Waals surface area contributed by atoms with Gasteiger partial charge in [0, 0.05) is 24.7 Å². The lowest BCUT2D eigenvalue weighted by Crippen LogP contribution is -2.36. The number of carbonyl (C=O) groups is 1. The van der Waals surface area contributed by atoms with Crippen LogP contribution >= 0.6 is 0 Å². The molecule has 1 aromatic rings. The number of nitrogens with two attached hydrogens (primary N) is 1. The van der Waals surface area contributed by atoms with Gasteiger partial charge < -0.3 is 15.8 Å². The maximum absolute atomic E-state index is 12.8. The first-order valence-corrected chi connectivity index (χ1v) is 6.88. The molecule has 7 nitrogen and oxygen atoms in total. The Morgan fingerprint density at radius 1 is 1.33 bits per heavy atom. The first kappa shape index (κ1) is 19.7. The van der Waals surface area contributed by atoms with Crippen LogP contribution in [0.3, 0.4) is 0 Å². The van der Waals surface area contributed by atoms with Crippen molar-refractivity contribution in [2.24, 2.45) is 5.73 Å². The number of halogens is 3. The lowest BCUT2D eigenvalue weighted by Gasteiger charge is -2.21. The van der Waals surface area contributed by atoms with Crippen LogP contribution in [0.25, 0.3) is 0 Å². The molecule has 134 valence electrons. The van der Waals surface area contributed by atoms with E-state index < -0.39 is 40.1 Å². The van der Waals surface area contributed by atoms with Crippen molar-refractivity contribution >= 4 is 11.8 Å². The third kappa shape index (κ3) is 6.03. The van der Waals surface area contributed by atoms with Gasteiger partial charge in [0.25, 0.3) is 5.69 Å². The van der Waals surface area contributed by atoms with Gasteiger partial charge in [-0.3, -0.25) is 10.1 Å². The number of non-ortho nitro benzene ring substituents is 1. The maximum atomic E-state index is 12.8. The summed E-state index contributed by atoms with van der Waals surface area (Å²) in [6.45, 7) is 4.68. The van der Waals surface area contributed by atoms with Gasteiger partial charge in [0.05, 0.1) is 10.5 Å². The maximum Gasteiger partial charge on any atom is 0.416 e. The largest absolute Gasteiger partial charge is 0.444 e. The summed E-state index contributed by atoms with van der Waals surface area (Å²) in [5, 5.41) is 13.1. The van der Waals surface area contributed by atoms with Crippen molar-refractivity contribution in [3.05, 3.63) is 39.4 Å². The molecule has 0 aliphatic heterocycles. The van der Waals surface area contributed by atoms with Crippen molar-refractivity contribution in [1.29, 1.82) is 0 Å². The molecule has 1 aromatic carbocycles. The monoisotopic (exact) mass is 349 g/mol. The summed E-state index contributed by atoms with van der Waals surface area (Å²) >= 11 is 0. The zero-order valence-electron chi connectivity index (χ0n) is 13.3. The van der Waals surface area contributed by atoms with E-state index in [2.05, 4.69) is 5.32 Å². The van der Waals surface area contributed by atoms with Crippen LogP contribution in [0.4, 0.5) is 23.7 Å². The predicted octanol–water partition coefficient (Wildman–Crippen LogP) is 3.14. The average Bonchev–Trinajstić information content (AvgIpc) is 2.41. The fourth-order valence-corrected chi connectivity index (χ4v) is 1.74. The second-order valence-corrected chi connectivity index (χ2v) is 6.06. The second-order valence-electron chi connectivity index (χ2n) is 6.06. The molecule has 1 rings (SSSR count). The number of amides is 1. The van der Waals surface area contributed by atoms with Gasteiger partial charge in [-0.05, 0) is 32.4 Å². The van der Waals surface area contributed by atoms with Gasteiger partial charge in [-0.2, -0.15) is 13.2 Å². The van der Waals surface area contributed by atoms with E-state index in [4.69, 9.17) is 10.5 Å². The van der Waals surface area contributed by atoms with E-state index in [0.717, 1.165) is 6.07 Å². The van der Waals surface area contributed by atoms with E-state index in [9.17, 15) is 28.1 Å². The predicted molar refractivity (Wildman–Crippen MR) is 79.3 cm³/mol. The highest BCUT2D eigenvalue weighted by atomic mass is 19.4. The lowest BCUT2D eigenvalue weighted by atomic mass is 10.0. The Kier molecular flexibility index (Phi) is 5.77. The third-order valence-corrected chi connectivity index (χ3v) is 2.77. The molecule has 0 aliphatic rings. The molecule has 0 heterocycles. The molecule has 0 spiro atoms. The molecular formula is C14H18F3N3O4. The van der Waals surface area contributed by atoms with E-state index in [1.165, 1.54) is 0 Å². The van der Waals surface area contributed by atoms with Gasteiger partial charge >= 0.3 is 12.3 Å². The molecule has 0 saturated heterocycles.